The van der Waals surface area contributed by atoms with E-state index >= 15 is 0 Å². The van der Waals surface area contributed by atoms with E-state index in [2.05, 4.69) is 41.0 Å². The Hall–Kier alpha value is -0.860. The van der Waals surface area contributed by atoms with Crippen molar-refractivity contribution in [2.45, 2.75) is 31.7 Å². The quantitative estimate of drug-likeness (QED) is 0.652. The van der Waals surface area contributed by atoms with Crippen LogP contribution in [0.4, 0.5) is 0 Å². The van der Waals surface area contributed by atoms with Gasteiger partial charge in [0.2, 0.25) is 0 Å². The minimum Gasteiger partial charge on any atom is -0.316 e. The Morgan fingerprint density at radius 3 is 2.56 bits per heavy atom. The third-order valence-electron chi connectivity index (χ3n) is 2.97. The lowest BCUT2D eigenvalue weighted by Crippen LogP contribution is -2.24. The van der Waals surface area contributed by atoms with Gasteiger partial charge in [0.1, 0.15) is 0 Å². The van der Waals surface area contributed by atoms with Gasteiger partial charge >= 0.3 is 0 Å². The minimum atomic E-state index is 0.851. The van der Waals surface area contributed by atoms with Gasteiger partial charge in [0.25, 0.3) is 0 Å². The summed E-state index contributed by atoms with van der Waals surface area (Å²) >= 11 is 0. The molecular weight excluding hydrogens is 196 g/mol. The summed E-state index contributed by atoms with van der Waals surface area (Å²) in [5.74, 6) is 0. The van der Waals surface area contributed by atoms with Gasteiger partial charge in [-0.25, -0.2) is 0 Å². The highest BCUT2D eigenvalue weighted by molar-refractivity contribution is 5.14. The Morgan fingerprint density at radius 1 is 1.00 bits per heavy atom. The maximum absolute atomic E-state index is 3.53. The van der Waals surface area contributed by atoms with E-state index < -0.39 is 0 Å². The van der Waals surface area contributed by atoms with Gasteiger partial charge in [-0.05, 0) is 50.9 Å². The Balaban J connectivity index is 1.42. The van der Waals surface area contributed by atoms with Crippen LogP contribution in [0.5, 0.6) is 0 Å². The molecule has 2 rings (SSSR count). The zero-order valence-corrected chi connectivity index (χ0v) is 9.91. The van der Waals surface area contributed by atoms with Crippen LogP contribution in [-0.2, 0) is 6.42 Å². The molecule has 1 aliphatic carbocycles. The summed E-state index contributed by atoms with van der Waals surface area (Å²) in [5, 5.41) is 7.01. The molecule has 1 aromatic rings. The van der Waals surface area contributed by atoms with Crippen LogP contribution in [0.25, 0.3) is 0 Å². The van der Waals surface area contributed by atoms with E-state index in [1.807, 2.05) is 0 Å². The Bertz CT molecular complexity index is 280. The molecule has 0 radical (unpaired) electrons. The molecule has 0 atom stereocenters. The predicted molar refractivity (Wildman–Crippen MR) is 68.7 cm³/mol. The summed E-state index contributed by atoms with van der Waals surface area (Å²) in [6.45, 7) is 3.39. The minimum absolute atomic E-state index is 0.851. The summed E-state index contributed by atoms with van der Waals surface area (Å²) in [6, 6.07) is 11.5. The fraction of sp³-hybridized carbons (Fsp3) is 0.571. The molecule has 88 valence electrons. The van der Waals surface area contributed by atoms with Crippen LogP contribution in [0.2, 0.25) is 0 Å². The molecule has 0 amide bonds. The number of nitrogens with one attached hydrogen (secondary N) is 2. The van der Waals surface area contributed by atoms with E-state index in [-0.39, 0.29) is 0 Å². The van der Waals surface area contributed by atoms with Crippen molar-refractivity contribution in [3.8, 4) is 0 Å². The number of hydrogen-bond acceptors (Lipinski definition) is 2. The van der Waals surface area contributed by atoms with E-state index in [0.29, 0.717) is 0 Å². The fourth-order valence-corrected chi connectivity index (χ4v) is 1.81. The fourth-order valence-electron chi connectivity index (χ4n) is 1.81. The van der Waals surface area contributed by atoms with Gasteiger partial charge in [0.15, 0.2) is 0 Å². The lowest BCUT2D eigenvalue weighted by molar-refractivity contribution is 0.594. The summed E-state index contributed by atoms with van der Waals surface area (Å²) in [7, 11) is 0. The molecular formula is C14H22N2. The normalized spacial score (nSPS) is 15.2. The second kappa shape index (κ2) is 6.66. The van der Waals surface area contributed by atoms with E-state index in [1.165, 1.54) is 31.4 Å². The topological polar surface area (TPSA) is 24.1 Å². The molecule has 1 saturated carbocycles. The first-order valence-electron chi connectivity index (χ1n) is 6.43. The maximum atomic E-state index is 3.53. The van der Waals surface area contributed by atoms with E-state index in [4.69, 9.17) is 0 Å². The first-order valence-corrected chi connectivity index (χ1v) is 6.43. The van der Waals surface area contributed by atoms with Crippen LogP contribution < -0.4 is 10.6 Å². The van der Waals surface area contributed by atoms with Gasteiger partial charge in [-0.1, -0.05) is 30.3 Å². The van der Waals surface area contributed by atoms with Crippen molar-refractivity contribution in [3.63, 3.8) is 0 Å². The summed E-state index contributed by atoms with van der Waals surface area (Å²) < 4.78 is 0. The van der Waals surface area contributed by atoms with Crippen LogP contribution in [0.1, 0.15) is 24.8 Å². The van der Waals surface area contributed by atoms with Gasteiger partial charge in [-0.3, -0.25) is 0 Å². The molecule has 2 nitrogen and oxygen atoms in total. The van der Waals surface area contributed by atoms with Crippen molar-refractivity contribution in [1.29, 1.82) is 0 Å². The Labute approximate surface area is 98.4 Å². The third kappa shape index (κ3) is 4.77. The highest BCUT2D eigenvalue weighted by Gasteiger charge is 2.19. The SMILES string of the molecule is c1ccc(CCNCCCNC2CC2)cc1. The standard InChI is InChI=1S/C14H22N2/c1-2-5-13(6-3-1)9-12-15-10-4-11-16-14-7-8-14/h1-3,5-6,14-16H,4,7-12H2. The average molecular weight is 218 g/mol. The molecule has 0 spiro atoms. The third-order valence-corrected chi connectivity index (χ3v) is 2.97. The van der Waals surface area contributed by atoms with E-state index in [9.17, 15) is 0 Å². The lowest BCUT2D eigenvalue weighted by Gasteiger charge is -2.05. The molecule has 1 aromatic carbocycles. The van der Waals surface area contributed by atoms with Gasteiger partial charge in [-0.2, -0.15) is 0 Å². The van der Waals surface area contributed by atoms with Crippen molar-refractivity contribution >= 4 is 0 Å². The first-order chi connectivity index (χ1) is 7.95. The smallest absolute Gasteiger partial charge is 0.00682 e. The van der Waals surface area contributed by atoms with Gasteiger partial charge in [-0.15, -0.1) is 0 Å². The predicted octanol–water partition coefficient (Wildman–Crippen LogP) is 1.96. The van der Waals surface area contributed by atoms with Gasteiger partial charge in [0.05, 0.1) is 0 Å². The second-order valence-electron chi connectivity index (χ2n) is 4.57. The van der Waals surface area contributed by atoms with Crippen molar-refractivity contribution in [2.75, 3.05) is 19.6 Å². The molecule has 2 heteroatoms. The molecule has 0 saturated heterocycles. The van der Waals surface area contributed by atoms with E-state index in [0.717, 1.165) is 25.6 Å². The van der Waals surface area contributed by atoms with Crippen LogP contribution in [0.15, 0.2) is 30.3 Å². The van der Waals surface area contributed by atoms with Crippen LogP contribution in [-0.4, -0.2) is 25.7 Å². The molecule has 0 heterocycles. The van der Waals surface area contributed by atoms with E-state index in [1.54, 1.807) is 0 Å². The number of rotatable bonds is 8. The largest absolute Gasteiger partial charge is 0.316 e. The molecule has 2 N–H and O–H groups in total. The van der Waals surface area contributed by atoms with Crippen molar-refractivity contribution < 1.29 is 0 Å². The van der Waals surface area contributed by atoms with Crippen molar-refractivity contribution in [2.24, 2.45) is 0 Å². The molecule has 0 aliphatic heterocycles. The monoisotopic (exact) mass is 218 g/mol. The molecule has 16 heavy (non-hydrogen) atoms. The van der Waals surface area contributed by atoms with Crippen LogP contribution in [0, 0.1) is 0 Å². The second-order valence-corrected chi connectivity index (χ2v) is 4.57. The van der Waals surface area contributed by atoms with Gasteiger partial charge < -0.3 is 10.6 Å². The number of benzene rings is 1. The zero-order valence-electron chi connectivity index (χ0n) is 9.91. The van der Waals surface area contributed by atoms with Crippen LogP contribution >= 0.6 is 0 Å². The summed E-state index contributed by atoms with van der Waals surface area (Å²) in [6.07, 6.45) is 5.16. The number of hydrogen-bond donors (Lipinski definition) is 2. The zero-order chi connectivity index (χ0) is 11.1. The molecule has 1 fully saturated rings. The Kier molecular flexibility index (Phi) is 4.84. The molecule has 0 unspecified atom stereocenters. The molecule has 1 aliphatic rings. The van der Waals surface area contributed by atoms with Crippen molar-refractivity contribution in [3.05, 3.63) is 35.9 Å². The van der Waals surface area contributed by atoms with Gasteiger partial charge in [0, 0.05) is 6.04 Å². The highest BCUT2D eigenvalue weighted by Crippen LogP contribution is 2.18. The average Bonchev–Trinajstić information content (AvgIpc) is 3.13. The first kappa shape index (κ1) is 11.6. The van der Waals surface area contributed by atoms with Crippen molar-refractivity contribution in [1.82, 2.24) is 10.6 Å². The highest BCUT2D eigenvalue weighted by atomic mass is 14.9. The maximum Gasteiger partial charge on any atom is 0.00682 e. The molecule has 0 aromatic heterocycles. The molecule has 0 bridgehead atoms. The van der Waals surface area contributed by atoms with Crippen LogP contribution in [0.3, 0.4) is 0 Å². The summed E-state index contributed by atoms with van der Waals surface area (Å²) in [5.41, 5.74) is 1.42. The Morgan fingerprint density at radius 2 is 1.81 bits per heavy atom. The lowest BCUT2D eigenvalue weighted by atomic mass is 10.1. The summed E-state index contributed by atoms with van der Waals surface area (Å²) in [4.78, 5) is 0.